The summed E-state index contributed by atoms with van der Waals surface area (Å²) in [5.74, 6) is -0.227. The van der Waals surface area contributed by atoms with Crippen molar-refractivity contribution in [2.24, 2.45) is 4.99 Å². The van der Waals surface area contributed by atoms with Crippen molar-refractivity contribution in [3.05, 3.63) is 64.1 Å². The lowest BCUT2D eigenvalue weighted by Gasteiger charge is -2.13. The van der Waals surface area contributed by atoms with Gasteiger partial charge in [-0.1, -0.05) is 33.8 Å². The highest BCUT2D eigenvalue weighted by molar-refractivity contribution is 9.10. The minimum Gasteiger partial charge on any atom is -0.481 e. The second-order valence-corrected chi connectivity index (χ2v) is 7.87. The molecule has 0 saturated heterocycles. The van der Waals surface area contributed by atoms with Crippen LogP contribution in [0.2, 0.25) is 0 Å². The van der Waals surface area contributed by atoms with E-state index in [1.807, 2.05) is 47.2 Å². The molecule has 1 aliphatic heterocycles. The van der Waals surface area contributed by atoms with E-state index in [0.717, 1.165) is 26.6 Å². The van der Waals surface area contributed by atoms with Crippen LogP contribution < -0.4 is 0 Å². The van der Waals surface area contributed by atoms with Crippen molar-refractivity contribution in [2.75, 3.05) is 6.26 Å². The van der Waals surface area contributed by atoms with E-state index in [9.17, 15) is 9.90 Å². The van der Waals surface area contributed by atoms with Gasteiger partial charge in [0.1, 0.15) is 6.04 Å². The third-order valence-corrected chi connectivity index (χ3v) is 5.54. The zero-order valence-electron chi connectivity index (χ0n) is 14.9. The highest BCUT2D eigenvalue weighted by Gasteiger charge is 2.29. The minimum absolute atomic E-state index is 0.00876. The number of aliphatic imine (C=N–C) groups is 1. The van der Waals surface area contributed by atoms with Gasteiger partial charge in [-0.15, -0.1) is 10.2 Å². The van der Waals surface area contributed by atoms with E-state index in [1.165, 1.54) is 11.8 Å². The largest absolute Gasteiger partial charge is 0.481 e. The fraction of sp³-hybridized carbons (Fsp3) is 0.211. The molecule has 7 nitrogen and oxygen atoms in total. The van der Waals surface area contributed by atoms with Crippen molar-refractivity contribution < 1.29 is 9.90 Å². The van der Waals surface area contributed by atoms with Crippen LogP contribution in [-0.4, -0.2) is 42.8 Å². The Hall–Kier alpha value is -2.52. The monoisotopic (exact) mass is 457 g/mol. The second kappa shape index (κ2) is 7.84. The molecule has 0 fully saturated rings. The van der Waals surface area contributed by atoms with Crippen molar-refractivity contribution in [2.45, 2.75) is 24.0 Å². The molecule has 142 valence electrons. The maximum atomic E-state index is 11.2. The molecule has 0 saturated carbocycles. The Morgan fingerprint density at radius 3 is 2.86 bits per heavy atom. The smallest absolute Gasteiger partial charge is 0.303 e. The van der Waals surface area contributed by atoms with E-state index in [4.69, 9.17) is 4.99 Å². The number of hydrogen-bond donors (Lipinski definition) is 1. The number of nitrogens with zero attached hydrogens (tertiary/aromatic N) is 5. The Bertz CT molecular complexity index is 1070. The van der Waals surface area contributed by atoms with Crippen molar-refractivity contribution >= 4 is 39.4 Å². The van der Waals surface area contributed by atoms with Crippen molar-refractivity contribution in [3.63, 3.8) is 0 Å². The summed E-state index contributed by atoms with van der Waals surface area (Å²) >= 11 is 5.03. The van der Waals surface area contributed by atoms with Gasteiger partial charge in [-0.25, -0.2) is 0 Å². The number of benzene rings is 1. The number of pyridine rings is 1. The molecule has 1 atom stereocenters. The Kier molecular flexibility index (Phi) is 5.27. The number of carbonyl (C=O) groups is 1. The summed E-state index contributed by atoms with van der Waals surface area (Å²) < 4.78 is 2.89. The molecule has 9 heteroatoms. The van der Waals surface area contributed by atoms with Gasteiger partial charge in [0, 0.05) is 22.7 Å². The quantitative estimate of drug-likeness (QED) is 0.583. The van der Waals surface area contributed by atoms with Gasteiger partial charge in [0.15, 0.2) is 11.0 Å². The lowest BCUT2D eigenvalue weighted by atomic mass is 10.0. The number of fused-ring (bicyclic) bond motifs is 3. The van der Waals surface area contributed by atoms with Gasteiger partial charge in [0.2, 0.25) is 0 Å². The Morgan fingerprint density at radius 2 is 2.14 bits per heavy atom. The highest BCUT2D eigenvalue weighted by Crippen LogP contribution is 2.35. The normalized spacial score (nSPS) is 15.4. The number of carboxylic acid groups (broad SMARTS) is 1. The van der Waals surface area contributed by atoms with Crippen LogP contribution in [0.5, 0.6) is 0 Å². The second-order valence-electron chi connectivity index (χ2n) is 6.18. The van der Waals surface area contributed by atoms with Crippen LogP contribution >= 0.6 is 27.7 Å². The van der Waals surface area contributed by atoms with Crippen LogP contribution in [0.1, 0.15) is 36.0 Å². The van der Waals surface area contributed by atoms with E-state index < -0.39 is 12.0 Å². The van der Waals surface area contributed by atoms with Gasteiger partial charge in [0.25, 0.3) is 0 Å². The van der Waals surface area contributed by atoms with Crippen molar-refractivity contribution in [1.29, 1.82) is 0 Å². The fourth-order valence-corrected chi connectivity index (χ4v) is 4.05. The average Bonchev–Trinajstić information content (AvgIpc) is 3.07. The van der Waals surface area contributed by atoms with Crippen LogP contribution in [0.15, 0.2) is 57.2 Å². The summed E-state index contributed by atoms with van der Waals surface area (Å²) in [6.45, 7) is 0. The number of carboxylic acids is 1. The van der Waals surface area contributed by atoms with Gasteiger partial charge in [-0.3, -0.25) is 19.3 Å². The van der Waals surface area contributed by atoms with E-state index in [0.29, 0.717) is 18.0 Å². The van der Waals surface area contributed by atoms with Gasteiger partial charge >= 0.3 is 5.97 Å². The van der Waals surface area contributed by atoms with Gasteiger partial charge in [-0.2, -0.15) is 0 Å². The molecule has 0 aliphatic carbocycles. The standard InChI is InChI=1S/C19H16BrN5O2S/c1-28-19-24-23-18-14(6-8-16(26)27)22-17(13-4-2-3-9-21-13)12-10-11(20)5-7-15(12)25(18)19/h2-5,7,9-10,14H,6,8H2,1H3,(H,26,27)/t14-/m0/s1. The number of thioether (sulfide) groups is 1. The molecule has 2 aromatic heterocycles. The van der Waals surface area contributed by atoms with Gasteiger partial charge in [-0.05, 0) is 43.0 Å². The molecule has 1 aromatic carbocycles. The summed E-state index contributed by atoms with van der Waals surface area (Å²) in [6, 6.07) is 11.2. The number of aliphatic carboxylic acids is 1. The van der Waals surface area contributed by atoms with Crippen molar-refractivity contribution in [1.82, 2.24) is 19.7 Å². The summed E-state index contributed by atoms with van der Waals surface area (Å²) in [5, 5.41) is 18.6. The highest BCUT2D eigenvalue weighted by atomic mass is 79.9. The molecule has 28 heavy (non-hydrogen) atoms. The topological polar surface area (TPSA) is 93.3 Å². The van der Waals surface area contributed by atoms with E-state index in [2.05, 4.69) is 31.1 Å². The Morgan fingerprint density at radius 1 is 1.29 bits per heavy atom. The molecule has 0 spiro atoms. The van der Waals surface area contributed by atoms with Crippen LogP contribution in [0.4, 0.5) is 0 Å². The predicted octanol–water partition coefficient (Wildman–Crippen LogP) is 3.90. The molecule has 1 aliphatic rings. The van der Waals surface area contributed by atoms with E-state index in [-0.39, 0.29) is 6.42 Å². The van der Waals surface area contributed by atoms with E-state index in [1.54, 1.807) is 6.20 Å². The average molecular weight is 458 g/mol. The third-order valence-electron chi connectivity index (χ3n) is 4.42. The van der Waals surface area contributed by atoms with Gasteiger partial charge < -0.3 is 5.11 Å². The van der Waals surface area contributed by atoms with Crippen LogP contribution in [0.3, 0.4) is 0 Å². The summed E-state index contributed by atoms with van der Waals surface area (Å²) in [4.78, 5) is 20.6. The summed E-state index contributed by atoms with van der Waals surface area (Å²) in [7, 11) is 0. The number of rotatable bonds is 5. The van der Waals surface area contributed by atoms with Gasteiger partial charge in [0.05, 0.1) is 17.1 Å². The van der Waals surface area contributed by atoms with Crippen molar-refractivity contribution in [3.8, 4) is 5.69 Å². The van der Waals surface area contributed by atoms with Crippen LogP contribution in [-0.2, 0) is 4.79 Å². The number of hydrogen-bond acceptors (Lipinski definition) is 6. The minimum atomic E-state index is -0.866. The first-order chi connectivity index (χ1) is 13.6. The zero-order chi connectivity index (χ0) is 19.7. The lowest BCUT2D eigenvalue weighted by Crippen LogP contribution is -2.09. The molecular formula is C19H16BrN5O2S. The molecule has 0 amide bonds. The first-order valence-corrected chi connectivity index (χ1v) is 10.6. The molecule has 0 radical (unpaired) electrons. The summed E-state index contributed by atoms with van der Waals surface area (Å²) in [5.41, 5.74) is 3.23. The predicted molar refractivity (Wildman–Crippen MR) is 110 cm³/mol. The first-order valence-electron chi connectivity index (χ1n) is 8.59. The molecule has 0 unspecified atom stereocenters. The zero-order valence-corrected chi connectivity index (χ0v) is 17.3. The molecular weight excluding hydrogens is 442 g/mol. The third kappa shape index (κ3) is 3.47. The van der Waals surface area contributed by atoms with Crippen LogP contribution in [0, 0.1) is 0 Å². The molecule has 4 rings (SSSR count). The maximum absolute atomic E-state index is 11.2. The Labute approximate surface area is 174 Å². The lowest BCUT2D eigenvalue weighted by molar-refractivity contribution is -0.137. The molecule has 1 N–H and O–H groups in total. The molecule has 3 heterocycles. The molecule has 3 aromatic rings. The fourth-order valence-electron chi connectivity index (χ4n) is 3.19. The van der Waals surface area contributed by atoms with E-state index >= 15 is 0 Å². The first kappa shape index (κ1) is 18.8. The maximum Gasteiger partial charge on any atom is 0.303 e. The number of aromatic nitrogens is 4. The molecule has 0 bridgehead atoms. The summed E-state index contributed by atoms with van der Waals surface area (Å²) in [6.07, 6.45) is 3.98. The SMILES string of the molecule is CSc1nnc2n1-c1ccc(Br)cc1C(c1ccccn1)=N[C@H]2CCC(=O)O. The Balaban J connectivity index is 1.98. The van der Waals surface area contributed by atoms with Crippen LogP contribution in [0.25, 0.3) is 5.69 Å². The number of halogens is 1.